The average molecular weight is 372 g/mol. The number of nitrogens with one attached hydrogen (secondary N) is 2. The molecule has 0 aromatic heterocycles. The monoisotopic (exact) mass is 371 g/mol. The number of rotatable bonds is 11. The standard InChI is InChI=1S/C17H29N3O4S/c1-5-20(6-2)25(22,23)15-8-7-14(3)16(13-15)17(21)19-10-9-18-11-12-24-4/h7-8,13,18H,5-6,9-12H2,1-4H3,(H,19,21). The molecule has 0 radical (unpaired) electrons. The zero-order chi connectivity index (χ0) is 18.9. The van der Waals surface area contributed by atoms with Crippen molar-refractivity contribution >= 4 is 15.9 Å². The number of sulfonamides is 1. The number of nitrogens with zero attached hydrogens (tertiary/aromatic N) is 1. The molecule has 0 aliphatic heterocycles. The van der Waals surface area contributed by atoms with Gasteiger partial charge in [-0.1, -0.05) is 19.9 Å². The minimum Gasteiger partial charge on any atom is -0.383 e. The summed E-state index contributed by atoms with van der Waals surface area (Å²) in [6.45, 7) is 8.54. The summed E-state index contributed by atoms with van der Waals surface area (Å²) in [5.74, 6) is -0.275. The Balaban J connectivity index is 2.82. The van der Waals surface area contributed by atoms with Gasteiger partial charge in [0.25, 0.3) is 5.91 Å². The van der Waals surface area contributed by atoms with Gasteiger partial charge in [-0.15, -0.1) is 0 Å². The number of aryl methyl sites for hydroxylation is 1. The molecule has 0 aliphatic rings. The molecule has 7 nitrogen and oxygen atoms in total. The zero-order valence-electron chi connectivity index (χ0n) is 15.5. The van der Waals surface area contributed by atoms with Gasteiger partial charge in [-0.25, -0.2) is 8.42 Å². The normalized spacial score (nSPS) is 11.7. The van der Waals surface area contributed by atoms with Gasteiger partial charge < -0.3 is 15.4 Å². The van der Waals surface area contributed by atoms with Crippen LogP contribution in [0.5, 0.6) is 0 Å². The van der Waals surface area contributed by atoms with Gasteiger partial charge in [-0.05, 0) is 24.6 Å². The summed E-state index contributed by atoms with van der Waals surface area (Å²) in [6.07, 6.45) is 0. The second-order valence-electron chi connectivity index (χ2n) is 5.56. The maximum absolute atomic E-state index is 12.6. The van der Waals surface area contributed by atoms with Gasteiger partial charge in [0.2, 0.25) is 10.0 Å². The van der Waals surface area contributed by atoms with Gasteiger partial charge >= 0.3 is 0 Å². The molecule has 0 fully saturated rings. The van der Waals surface area contributed by atoms with Gasteiger partial charge in [0.05, 0.1) is 11.5 Å². The molecule has 0 bridgehead atoms. The molecule has 0 aliphatic carbocycles. The van der Waals surface area contributed by atoms with Crippen LogP contribution in [-0.4, -0.2) is 65.1 Å². The molecule has 1 aromatic carbocycles. The molecule has 0 spiro atoms. The fourth-order valence-corrected chi connectivity index (χ4v) is 3.86. The van der Waals surface area contributed by atoms with Crippen LogP contribution in [0.3, 0.4) is 0 Å². The predicted molar refractivity (Wildman–Crippen MR) is 98.4 cm³/mol. The van der Waals surface area contributed by atoms with E-state index in [9.17, 15) is 13.2 Å². The van der Waals surface area contributed by atoms with Crippen molar-refractivity contribution in [2.45, 2.75) is 25.7 Å². The van der Waals surface area contributed by atoms with Crippen molar-refractivity contribution < 1.29 is 17.9 Å². The molecule has 1 aromatic rings. The van der Waals surface area contributed by atoms with Crippen molar-refractivity contribution in [3.8, 4) is 0 Å². The first-order valence-corrected chi connectivity index (χ1v) is 9.91. The van der Waals surface area contributed by atoms with Crippen LogP contribution in [0, 0.1) is 6.92 Å². The first kappa shape index (κ1) is 21.6. The Morgan fingerprint density at radius 3 is 2.44 bits per heavy atom. The number of carbonyl (C=O) groups is 1. The minimum atomic E-state index is -3.58. The van der Waals surface area contributed by atoms with E-state index in [1.165, 1.54) is 10.4 Å². The van der Waals surface area contributed by atoms with Crippen molar-refractivity contribution in [3.05, 3.63) is 29.3 Å². The van der Waals surface area contributed by atoms with E-state index >= 15 is 0 Å². The molecule has 142 valence electrons. The van der Waals surface area contributed by atoms with Gasteiger partial charge in [0.1, 0.15) is 0 Å². The van der Waals surface area contributed by atoms with E-state index in [0.29, 0.717) is 44.9 Å². The smallest absolute Gasteiger partial charge is 0.251 e. The predicted octanol–water partition coefficient (Wildman–Crippen LogP) is 0.991. The van der Waals surface area contributed by atoms with E-state index in [2.05, 4.69) is 10.6 Å². The molecule has 0 unspecified atom stereocenters. The van der Waals surface area contributed by atoms with Gasteiger partial charge in [-0.3, -0.25) is 4.79 Å². The third-order valence-electron chi connectivity index (χ3n) is 3.87. The van der Waals surface area contributed by atoms with E-state index in [-0.39, 0.29) is 10.8 Å². The van der Waals surface area contributed by atoms with Crippen molar-refractivity contribution in [1.29, 1.82) is 0 Å². The largest absolute Gasteiger partial charge is 0.383 e. The van der Waals surface area contributed by atoms with E-state index < -0.39 is 10.0 Å². The van der Waals surface area contributed by atoms with E-state index in [1.54, 1.807) is 40.0 Å². The van der Waals surface area contributed by atoms with Crippen molar-refractivity contribution in [2.24, 2.45) is 0 Å². The lowest BCUT2D eigenvalue weighted by Crippen LogP contribution is -2.34. The molecule has 0 saturated heterocycles. The lowest BCUT2D eigenvalue weighted by atomic mass is 10.1. The van der Waals surface area contributed by atoms with E-state index in [0.717, 1.165) is 5.56 Å². The lowest BCUT2D eigenvalue weighted by molar-refractivity contribution is 0.0953. The topological polar surface area (TPSA) is 87.7 Å². The summed E-state index contributed by atoms with van der Waals surface area (Å²) in [6, 6.07) is 4.67. The number of carbonyl (C=O) groups excluding carboxylic acids is 1. The minimum absolute atomic E-state index is 0.144. The number of methoxy groups -OCH3 is 1. The average Bonchev–Trinajstić information content (AvgIpc) is 2.58. The Labute approximate surface area is 150 Å². The number of amides is 1. The fraction of sp³-hybridized carbons (Fsp3) is 0.588. The van der Waals surface area contributed by atoms with Gasteiger partial charge in [0, 0.05) is 45.4 Å². The molecule has 1 rings (SSSR count). The molecule has 2 N–H and O–H groups in total. The second kappa shape index (κ2) is 10.5. The summed E-state index contributed by atoms with van der Waals surface area (Å²) in [7, 11) is -1.95. The van der Waals surface area contributed by atoms with Crippen LogP contribution in [0.25, 0.3) is 0 Å². The molecule has 0 atom stereocenters. The summed E-state index contributed by atoms with van der Waals surface area (Å²) < 4.78 is 31.5. The number of hydrogen-bond acceptors (Lipinski definition) is 5. The van der Waals surface area contributed by atoms with Crippen LogP contribution in [0.15, 0.2) is 23.1 Å². The Hall–Kier alpha value is -1.48. The third-order valence-corrected chi connectivity index (χ3v) is 5.91. The molecule has 8 heteroatoms. The first-order valence-electron chi connectivity index (χ1n) is 8.47. The van der Waals surface area contributed by atoms with Crippen LogP contribution in [0.4, 0.5) is 0 Å². The van der Waals surface area contributed by atoms with E-state index in [1.807, 2.05) is 0 Å². The maximum Gasteiger partial charge on any atom is 0.251 e. The van der Waals surface area contributed by atoms with Crippen LogP contribution < -0.4 is 10.6 Å². The molecule has 0 saturated carbocycles. The quantitative estimate of drug-likeness (QED) is 0.567. The van der Waals surface area contributed by atoms with Gasteiger partial charge in [-0.2, -0.15) is 4.31 Å². The Morgan fingerprint density at radius 1 is 1.16 bits per heavy atom. The summed E-state index contributed by atoms with van der Waals surface area (Å²) in [4.78, 5) is 12.5. The highest BCUT2D eigenvalue weighted by Crippen LogP contribution is 2.19. The Morgan fingerprint density at radius 2 is 1.84 bits per heavy atom. The summed E-state index contributed by atoms with van der Waals surface area (Å²) in [5.41, 5.74) is 1.12. The Bertz CT molecular complexity index is 658. The van der Waals surface area contributed by atoms with Crippen molar-refractivity contribution in [2.75, 3.05) is 46.4 Å². The number of hydrogen-bond donors (Lipinski definition) is 2. The highest BCUT2D eigenvalue weighted by Gasteiger charge is 2.23. The fourth-order valence-electron chi connectivity index (χ4n) is 2.38. The van der Waals surface area contributed by atoms with Crippen LogP contribution in [-0.2, 0) is 14.8 Å². The summed E-state index contributed by atoms with van der Waals surface area (Å²) >= 11 is 0. The van der Waals surface area contributed by atoms with E-state index in [4.69, 9.17) is 4.74 Å². The molecule has 1 amide bonds. The van der Waals surface area contributed by atoms with Gasteiger partial charge in [0.15, 0.2) is 0 Å². The molecular formula is C17H29N3O4S. The number of benzene rings is 1. The third kappa shape index (κ3) is 6.07. The second-order valence-corrected chi connectivity index (χ2v) is 7.50. The first-order chi connectivity index (χ1) is 11.9. The number of ether oxygens (including phenoxy) is 1. The van der Waals surface area contributed by atoms with Crippen LogP contribution >= 0.6 is 0 Å². The molecule has 25 heavy (non-hydrogen) atoms. The SMILES string of the molecule is CCN(CC)S(=O)(=O)c1ccc(C)c(C(=O)NCCNCCOC)c1. The van der Waals surface area contributed by atoms with Crippen molar-refractivity contribution in [1.82, 2.24) is 14.9 Å². The highest BCUT2D eigenvalue weighted by atomic mass is 32.2. The molecular weight excluding hydrogens is 342 g/mol. The highest BCUT2D eigenvalue weighted by molar-refractivity contribution is 7.89. The summed E-state index contributed by atoms with van der Waals surface area (Å²) in [5, 5.41) is 5.93. The van der Waals surface area contributed by atoms with Crippen LogP contribution in [0.2, 0.25) is 0 Å². The maximum atomic E-state index is 12.6. The zero-order valence-corrected chi connectivity index (χ0v) is 16.3. The van der Waals surface area contributed by atoms with Crippen LogP contribution in [0.1, 0.15) is 29.8 Å². The lowest BCUT2D eigenvalue weighted by Gasteiger charge is -2.19. The van der Waals surface area contributed by atoms with Crippen molar-refractivity contribution in [3.63, 3.8) is 0 Å². The molecule has 0 heterocycles. The Kier molecular flexibility index (Phi) is 9.05.